The van der Waals surface area contributed by atoms with Crippen molar-refractivity contribution in [2.24, 2.45) is 7.05 Å². The molecule has 0 aliphatic heterocycles. The number of aromatic nitrogens is 2. The lowest BCUT2D eigenvalue weighted by Gasteiger charge is -2.14. The van der Waals surface area contributed by atoms with E-state index in [1.54, 1.807) is 18.8 Å². The number of anilines is 1. The highest BCUT2D eigenvalue weighted by Crippen LogP contribution is 2.30. The van der Waals surface area contributed by atoms with Crippen LogP contribution in [0.5, 0.6) is 5.88 Å². The molecule has 2 aromatic rings. The summed E-state index contributed by atoms with van der Waals surface area (Å²) >= 11 is 0. The molecule has 1 atom stereocenters. The lowest BCUT2D eigenvalue weighted by atomic mass is 10.1. The van der Waals surface area contributed by atoms with E-state index in [-0.39, 0.29) is 0 Å². The van der Waals surface area contributed by atoms with Gasteiger partial charge >= 0.3 is 0 Å². The van der Waals surface area contributed by atoms with Crippen LogP contribution >= 0.6 is 0 Å². The summed E-state index contributed by atoms with van der Waals surface area (Å²) in [5.74, 6) is 0.605. The number of nitriles is 1. The van der Waals surface area contributed by atoms with Crippen molar-refractivity contribution in [2.45, 2.75) is 19.9 Å². The normalized spacial score (nSPS) is 11.8. The summed E-state index contributed by atoms with van der Waals surface area (Å²) in [5.41, 5.74) is 3.64. The molecule has 1 N–H and O–H groups in total. The van der Waals surface area contributed by atoms with Gasteiger partial charge in [-0.05, 0) is 26.0 Å². The molecule has 1 aromatic carbocycles. The SMILES string of the molecule is COc1c(C(C#N)Nc2ccc(C)cc2)c(C)nn1C. The van der Waals surface area contributed by atoms with Crippen molar-refractivity contribution >= 4 is 5.69 Å². The number of benzene rings is 1. The fourth-order valence-electron chi connectivity index (χ4n) is 2.21. The molecule has 0 spiro atoms. The predicted molar refractivity (Wildman–Crippen MR) is 77.7 cm³/mol. The Bertz CT molecular complexity index is 637. The molecule has 0 aliphatic carbocycles. The highest BCUT2D eigenvalue weighted by molar-refractivity contribution is 5.51. The van der Waals surface area contributed by atoms with Crippen LogP contribution in [0, 0.1) is 25.2 Å². The number of rotatable bonds is 4. The van der Waals surface area contributed by atoms with Crippen molar-refractivity contribution in [1.29, 1.82) is 5.26 Å². The Hall–Kier alpha value is -2.48. The third-order valence-electron chi connectivity index (χ3n) is 3.19. The number of hydrogen-bond donors (Lipinski definition) is 1. The van der Waals surface area contributed by atoms with Crippen molar-refractivity contribution in [1.82, 2.24) is 9.78 Å². The number of nitrogens with one attached hydrogen (secondary N) is 1. The summed E-state index contributed by atoms with van der Waals surface area (Å²) < 4.78 is 6.99. The van der Waals surface area contributed by atoms with Gasteiger partial charge in [0.2, 0.25) is 5.88 Å². The van der Waals surface area contributed by atoms with Crippen LogP contribution in [0.1, 0.15) is 22.9 Å². The van der Waals surface area contributed by atoms with Crippen molar-refractivity contribution in [3.8, 4) is 11.9 Å². The van der Waals surface area contributed by atoms with E-state index in [1.165, 1.54) is 5.56 Å². The molecule has 2 rings (SSSR count). The molecular formula is C15H18N4O. The highest BCUT2D eigenvalue weighted by Gasteiger charge is 2.23. The molecule has 0 bridgehead atoms. The molecule has 1 unspecified atom stereocenters. The van der Waals surface area contributed by atoms with Crippen LogP contribution in [0.4, 0.5) is 5.69 Å². The number of nitrogens with zero attached hydrogens (tertiary/aromatic N) is 3. The Morgan fingerprint density at radius 3 is 2.50 bits per heavy atom. The van der Waals surface area contributed by atoms with E-state index in [2.05, 4.69) is 16.5 Å². The van der Waals surface area contributed by atoms with Crippen LogP contribution in [0.25, 0.3) is 0 Å². The molecule has 0 aliphatic rings. The van der Waals surface area contributed by atoms with Crippen molar-refractivity contribution in [3.63, 3.8) is 0 Å². The lowest BCUT2D eigenvalue weighted by Crippen LogP contribution is -2.10. The van der Waals surface area contributed by atoms with E-state index < -0.39 is 6.04 Å². The molecule has 5 heteroatoms. The van der Waals surface area contributed by atoms with E-state index in [9.17, 15) is 5.26 Å². The second-order valence-corrected chi connectivity index (χ2v) is 4.70. The standard InChI is InChI=1S/C15H18N4O/c1-10-5-7-12(8-6-10)17-13(9-16)14-11(2)18-19(3)15(14)20-4/h5-8,13,17H,1-4H3. The van der Waals surface area contributed by atoms with E-state index in [0.29, 0.717) is 5.88 Å². The van der Waals surface area contributed by atoms with Crippen LogP contribution in [0.2, 0.25) is 0 Å². The maximum atomic E-state index is 9.44. The monoisotopic (exact) mass is 270 g/mol. The van der Waals surface area contributed by atoms with Gasteiger partial charge < -0.3 is 10.1 Å². The van der Waals surface area contributed by atoms with Crippen LogP contribution in [0.3, 0.4) is 0 Å². The maximum absolute atomic E-state index is 9.44. The van der Waals surface area contributed by atoms with Gasteiger partial charge in [0.25, 0.3) is 0 Å². The molecule has 0 fully saturated rings. The van der Waals surface area contributed by atoms with E-state index in [4.69, 9.17) is 4.74 Å². The van der Waals surface area contributed by atoms with Gasteiger partial charge in [0.1, 0.15) is 6.04 Å². The molecule has 1 heterocycles. The fraction of sp³-hybridized carbons (Fsp3) is 0.333. The molecule has 1 aromatic heterocycles. The molecule has 0 radical (unpaired) electrons. The quantitative estimate of drug-likeness (QED) is 0.927. The predicted octanol–water partition coefficient (Wildman–Crippen LogP) is 2.72. The van der Waals surface area contributed by atoms with Crippen LogP contribution in [0.15, 0.2) is 24.3 Å². The summed E-state index contributed by atoms with van der Waals surface area (Å²) in [6.07, 6.45) is 0. The molecule has 0 saturated heterocycles. The zero-order valence-corrected chi connectivity index (χ0v) is 12.1. The Morgan fingerprint density at radius 1 is 1.30 bits per heavy atom. The fourth-order valence-corrected chi connectivity index (χ4v) is 2.21. The van der Waals surface area contributed by atoms with Gasteiger partial charge in [-0.2, -0.15) is 10.4 Å². The zero-order valence-electron chi connectivity index (χ0n) is 12.1. The van der Waals surface area contributed by atoms with Gasteiger partial charge in [-0.1, -0.05) is 17.7 Å². The minimum atomic E-state index is -0.499. The maximum Gasteiger partial charge on any atom is 0.218 e. The van der Waals surface area contributed by atoms with Crippen LogP contribution < -0.4 is 10.1 Å². The summed E-state index contributed by atoms with van der Waals surface area (Å²) in [4.78, 5) is 0. The molecule has 20 heavy (non-hydrogen) atoms. The first-order chi connectivity index (χ1) is 9.56. The van der Waals surface area contributed by atoms with Gasteiger partial charge in [0.05, 0.1) is 24.4 Å². The largest absolute Gasteiger partial charge is 0.481 e. The second-order valence-electron chi connectivity index (χ2n) is 4.70. The zero-order chi connectivity index (χ0) is 14.7. The van der Waals surface area contributed by atoms with Crippen molar-refractivity contribution < 1.29 is 4.74 Å². The molecule has 0 saturated carbocycles. The second kappa shape index (κ2) is 5.66. The summed E-state index contributed by atoms with van der Waals surface area (Å²) in [7, 11) is 3.38. The first-order valence-electron chi connectivity index (χ1n) is 6.37. The molecule has 0 amide bonds. The Morgan fingerprint density at radius 2 is 1.95 bits per heavy atom. The van der Waals surface area contributed by atoms with E-state index >= 15 is 0 Å². The smallest absolute Gasteiger partial charge is 0.218 e. The summed E-state index contributed by atoms with van der Waals surface area (Å²) in [6.45, 7) is 3.90. The Kier molecular flexibility index (Phi) is 3.94. The summed E-state index contributed by atoms with van der Waals surface area (Å²) in [5, 5.41) is 17.0. The van der Waals surface area contributed by atoms with Crippen molar-refractivity contribution in [2.75, 3.05) is 12.4 Å². The van der Waals surface area contributed by atoms with Gasteiger partial charge in [0.15, 0.2) is 0 Å². The number of ether oxygens (including phenoxy) is 1. The van der Waals surface area contributed by atoms with Crippen molar-refractivity contribution in [3.05, 3.63) is 41.1 Å². The molecular weight excluding hydrogens is 252 g/mol. The van der Waals surface area contributed by atoms with E-state index in [0.717, 1.165) is 16.9 Å². The molecule has 5 nitrogen and oxygen atoms in total. The van der Waals surface area contributed by atoms with E-state index in [1.807, 2.05) is 38.1 Å². The Balaban J connectivity index is 2.34. The number of methoxy groups -OCH3 is 1. The number of hydrogen-bond acceptors (Lipinski definition) is 4. The lowest BCUT2D eigenvalue weighted by molar-refractivity contribution is 0.369. The topological polar surface area (TPSA) is 62.9 Å². The van der Waals surface area contributed by atoms with Gasteiger partial charge in [0, 0.05) is 12.7 Å². The van der Waals surface area contributed by atoms with Gasteiger partial charge in [-0.25, -0.2) is 4.68 Å². The highest BCUT2D eigenvalue weighted by atomic mass is 16.5. The van der Waals surface area contributed by atoms with Gasteiger partial charge in [-0.15, -0.1) is 0 Å². The number of aryl methyl sites for hydroxylation is 3. The Labute approximate surface area is 118 Å². The average Bonchev–Trinajstić information content (AvgIpc) is 2.72. The minimum absolute atomic E-state index is 0.499. The third-order valence-corrected chi connectivity index (χ3v) is 3.19. The van der Waals surface area contributed by atoms with Crippen LogP contribution in [-0.4, -0.2) is 16.9 Å². The third kappa shape index (κ3) is 2.59. The minimum Gasteiger partial charge on any atom is -0.481 e. The summed E-state index contributed by atoms with van der Waals surface area (Å²) in [6, 6.07) is 9.69. The first kappa shape index (κ1) is 13.9. The average molecular weight is 270 g/mol. The first-order valence-corrected chi connectivity index (χ1v) is 6.37. The van der Waals surface area contributed by atoms with Crippen LogP contribution in [-0.2, 0) is 7.05 Å². The van der Waals surface area contributed by atoms with Gasteiger partial charge in [-0.3, -0.25) is 0 Å². The molecule has 104 valence electrons.